The summed E-state index contributed by atoms with van der Waals surface area (Å²) in [5.74, 6) is 0. The molecular formula is C16H23N3O. The second kappa shape index (κ2) is 6.68. The van der Waals surface area contributed by atoms with E-state index in [4.69, 9.17) is 5.11 Å². The number of hydrogen-bond acceptors (Lipinski definition) is 3. The molecular weight excluding hydrogens is 250 g/mol. The van der Waals surface area contributed by atoms with Crippen molar-refractivity contribution < 1.29 is 5.11 Å². The fraction of sp³-hybridized carbons (Fsp3) is 0.438. The molecule has 108 valence electrons. The lowest BCUT2D eigenvalue weighted by molar-refractivity contribution is 0.281. The molecule has 1 heterocycles. The Hall–Kier alpha value is -1.65. The monoisotopic (exact) mass is 273 g/mol. The molecule has 0 unspecified atom stereocenters. The van der Waals surface area contributed by atoms with Gasteiger partial charge in [-0.05, 0) is 38.0 Å². The first-order valence-electron chi connectivity index (χ1n) is 7.01. The normalized spacial score (nSPS) is 12.6. The summed E-state index contributed by atoms with van der Waals surface area (Å²) in [6.45, 7) is 8.01. The Bertz CT molecular complexity index is 563. The van der Waals surface area contributed by atoms with E-state index < -0.39 is 0 Å². The zero-order valence-electron chi connectivity index (χ0n) is 12.4. The molecule has 0 saturated carbocycles. The number of aliphatic hydroxyl groups is 1. The highest BCUT2D eigenvalue weighted by atomic mass is 16.3. The number of nitrogens with one attached hydrogen (secondary N) is 1. The molecule has 0 aliphatic carbocycles. The average molecular weight is 273 g/mol. The lowest BCUT2D eigenvalue weighted by Gasteiger charge is -2.15. The van der Waals surface area contributed by atoms with E-state index in [0.717, 1.165) is 24.3 Å². The average Bonchev–Trinajstić information content (AvgIpc) is 2.75. The third-order valence-electron chi connectivity index (χ3n) is 3.38. The van der Waals surface area contributed by atoms with Gasteiger partial charge in [-0.15, -0.1) is 0 Å². The van der Waals surface area contributed by atoms with E-state index in [9.17, 15) is 0 Å². The van der Waals surface area contributed by atoms with Crippen LogP contribution in [0.3, 0.4) is 0 Å². The van der Waals surface area contributed by atoms with Gasteiger partial charge in [0.1, 0.15) is 0 Å². The third-order valence-corrected chi connectivity index (χ3v) is 3.38. The first-order valence-corrected chi connectivity index (χ1v) is 7.01. The zero-order chi connectivity index (χ0) is 14.5. The molecule has 0 saturated heterocycles. The summed E-state index contributed by atoms with van der Waals surface area (Å²) < 4.78 is 2.04. The highest BCUT2D eigenvalue weighted by molar-refractivity contribution is 5.22. The van der Waals surface area contributed by atoms with Crippen LogP contribution in [0, 0.1) is 13.8 Å². The Morgan fingerprint density at radius 3 is 2.65 bits per heavy atom. The first kappa shape index (κ1) is 14.8. The topological polar surface area (TPSA) is 50.1 Å². The second-order valence-electron chi connectivity index (χ2n) is 5.37. The Morgan fingerprint density at radius 2 is 2.00 bits per heavy atom. The molecule has 2 N–H and O–H groups in total. The molecule has 0 spiro atoms. The second-order valence-corrected chi connectivity index (χ2v) is 5.37. The fourth-order valence-electron chi connectivity index (χ4n) is 2.31. The van der Waals surface area contributed by atoms with Crippen LogP contribution in [0.25, 0.3) is 0 Å². The minimum Gasteiger partial charge on any atom is -0.392 e. The number of aryl methyl sites for hydroxylation is 2. The minimum absolute atomic E-state index is 0.0924. The smallest absolute Gasteiger partial charge is 0.0681 e. The van der Waals surface area contributed by atoms with Crippen molar-refractivity contribution in [1.82, 2.24) is 15.1 Å². The van der Waals surface area contributed by atoms with Gasteiger partial charge in [-0.3, -0.25) is 4.68 Å². The van der Waals surface area contributed by atoms with Crippen LogP contribution in [0.4, 0.5) is 0 Å². The van der Waals surface area contributed by atoms with Crippen molar-refractivity contribution >= 4 is 0 Å². The Balaban J connectivity index is 1.88. The summed E-state index contributed by atoms with van der Waals surface area (Å²) in [6, 6.07) is 10.4. The molecule has 0 fully saturated rings. The first-order chi connectivity index (χ1) is 9.58. The maximum Gasteiger partial charge on any atom is 0.0681 e. The van der Waals surface area contributed by atoms with Gasteiger partial charge in [0.25, 0.3) is 0 Å². The van der Waals surface area contributed by atoms with Crippen molar-refractivity contribution in [3.05, 3.63) is 52.8 Å². The zero-order valence-corrected chi connectivity index (χ0v) is 12.4. The number of aromatic nitrogens is 2. The number of aliphatic hydroxyl groups excluding tert-OH is 1. The van der Waals surface area contributed by atoms with Crippen LogP contribution in [-0.2, 0) is 19.7 Å². The van der Waals surface area contributed by atoms with Gasteiger partial charge in [0, 0.05) is 18.3 Å². The van der Waals surface area contributed by atoms with Gasteiger partial charge >= 0.3 is 0 Å². The number of hydrogen-bond donors (Lipinski definition) is 2. The molecule has 0 bridgehead atoms. The summed E-state index contributed by atoms with van der Waals surface area (Å²) in [6.07, 6.45) is 0. The molecule has 4 nitrogen and oxygen atoms in total. The highest BCUT2D eigenvalue weighted by Gasteiger charge is 2.06. The number of rotatable bonds is 6. The van der Waals surface area contributed by atoms with Crippen molar-refractivity contribution in [2.24, 2.45) is 0 Å². The van der Waals surface area contributed by atoms with E-state index in [2.05, 4.69) is 36.4 Å². The Morgan fingerprint density at radius 1 is 1.25 bits per heavy atom. The highest BCUT2D eigenvalue weighted by Crippen LogP contribution is 2.06. The van der Waals surface area contributed by atoms with E-state index in [-0.39, 0.29) is 6.61 Å². The Labute approximate surface area is 120 Å². The molecule has 2 rings (SSSR count). The van der Waals surface area contributed by atoms with Gasteiger partial charge in [0.15, 0.2) is 0 Å². The standard InChI is InChI=1S/C16H23N3O/c1-12-7-14(3)19(18-12)10-13(2)17-9-15-5-4-6-16(8-15)11-20/h4-8,13,17,20H,9-11H2,1-3H3/t13-/m0/s1. The molecule has 1 aromatic carbocycles. The summed E-state index contributed by atoms with van der Waals surface area (Å²) >= 11 is 0. The Kier molecular flexibility index (Phi) is 4.93. The van der Waals surface area contributed by atoms with Crippen LogP contribution < -0.4 is 5.32 Å². The largest absolute Gasteiger partial charge is 0.392 e. The van der Waals surface area contributed by atoms with Crippen molar-refractivity contribution in [3.8, 4) is 0 Å². The number of benzene rings is 1. The van der Waals surface area contributed by atoms with Crippen LogP contribution in [0.1, 0.15) is 29.4 Å². The van der Waals surface area contributed by atoms with Crippen LogP contribution in [0.2, 0.25) is 0 Å². The summed E-state index contributed by atoms with van der Waals surface area (Å²) in [4.78, 5) is 0. The van der Waals surface area contributed by atoms with Gasteiger partial charge in [-0.2, -0.15) is 5.10 Å². The van der Waals surface area contributed by atoms with Crippen LogP contribution >= 0.6 is 0 Å². The molecule has 0 aliphatic rings. The summed E-state index contributed by atoms with van der Waals surface area (Å²) in [5, 5.41) is 17.1. The van der Waals surface area contributed by atoms with E-state index in [0.29, 0.717) is 6.04 Å². The summed E-state index contributed by atoms with van der Waals surface area (Å²) in [7, 11) is 0. The van der Waals surface area contributed by atoms with Crippen molar-refractivity contribution in [3.63, 3.8) is 0 Å². The third kappa shape index (κ3) is 3.92. The van der Waals surface area contributed by atoms with Crippen LogP contribution in [0.15, 0.2) is 30.3 Å². The van der Waals surface area contributed by atoms with Crippen molar-refractivity contribution in [1.29, 1.82) is 0 Å². The quantitative estimate of drug-likeness (QED) is 0.848. The van der Waals surface area contributed by atoms with Gasteiger partial charge in [-0.25, -0.2) is 0 Å². The van der Waals surface area contributed by atoms with E-state index in [1.54, 1.807) is 0 Å². The predicted octanol–water partition coefficient (Wildman–Crippen LogP) is 2.17. The molecule has 0 radical (unpaired) electrons. The molecule has 2 aromatic rings. The molecule has 20 heavy (non-hydrogen) atoms. The SMILES string of the molecule is Cc1cc(C)n(C[C@H](C)NCc2cccc(CO)c2)n1. The van der Waals surface area contributed by atoms with Gasteiger partial charge in [0.2, 0.25) is 0 Å². The molecule has 1 aromatic heterocycles. The van der Waals surface area contributed by atoms with Crippen molar-refractivity contribution in [2.75, 3.05) is 0 Å². The van der Waals surface area contributed by atoms with E-state index >= 15 is 0 Å². The number of nitrogens with zero attached hydrogens (tertiary/aromatic N) is 2. The van der Waals surface area contributed by atoms with Crippen LogP contribution in [0.5, 0.6) is 0 Å². The predicted molar refractivity (Wildman–Crippen MR) is 80.4 cm³/mol. The van der Waals surface area contributed by atoms with Crippen LogP contribution in [-0.4, -0.2) is 20.9 Å². The molecule has 1 atom stereocenters. The fourth-order valence-corrected chi connectivity index (χ4v) is 2.31. The molecule has 0 aliphatic heterocycles. The van der Waals surface area contributed by atoms with Gasteiger partial charge < -0.3 is 10.4 Å². The lowest BCUT2D eigenvalue weighted by atomic mass is 10.1. The summed E-state index contributed by atoms with van der Waals surface area (Å²) in [5.41, 5.74) is 4.40. The maximum atomic E-state index is 9.14. The molecule has 4 heteroatoms. The molecule has 0 amide bonds. The van der Waals surface area contributed by atoms with Gasteiger partial charge in [-0.1, -0.05) is 24.3 Å². The van der Waals surface area contributed by atoms with Gasteiger partial charge in [0.05, 0.1) is 18.8 Å². The van der Waals surface area contributed by atoms with E-state index in [1.807, 2.05) is 29.8 Å². The lowest BCUT2D eigenvalue weighted by Crippen LogP contribution is -2.30. The minimum atomic E-state index is 0.0924. The maximum absolute atomic E-state index is 9.14. The van der Waals surface area contributed by atoms with Crippen molar-refractivity contribution in [2.45, 2.75) is 46.5 Å². The van der Waals surface area contributed by atoms with E-state index in [1.165, 1.54) is 11.3 Å².